The molecule has 4 unspecified atom stereocenters. The van der Waals surface area contributed by atoms with Crippen molar-refractivity contribution >= 4 is 41.4 Å². The molecule has 12 heteroatoms. The molecule has 7 N–H and O–H groups in total. The van der Waals surface area contributed by atoms with Crippen LogP contribution in [0.25, 0.3) is 0 Å². The summed E-state index contributed by atoms with van der Waals surface area (Å²) >= 11 is 1.46. The van der Waals surface area contributed by atoms with Crippen LogP contribution in [0, 0.1) is 5.92 Å². The van der Waals surface area contributed by atoms with E-state index in [4.69, 9.17) is 10.8 Å². The Morgan fingerprint density at radius 1 is 0.871 bits per heavy atom. The van der Waals surface area contributed by atoms with Crippen molar-refractivity contribution in [3.8, 4) is 0 Å². The number of hydrogen-bond donors (Lipinski definition) is 6. The number of amides is 3. The molecule has 0 saturated heterocycles. The van der Waals surface area contributed by atoms with Crippen LogP contribution in [0.1, 0.15) is 46.5 Å². The first-order chi connectivity index (χ1) is 14.4. The van der Waals surface area contributed by atoms with E-state index in [-0.39, 0.29) is 31.6 Å². The monoisotopic (exact) mass is 462 g/mol. The highest BCUT2D eigenvalue weighted by molar-refractivity contribution is 7.98. The van der Waals surface area contributed by atoms with Gasteiger partial charge in [0.1, 0.15) is 18.1 Å². The SMILES string of the molecule is CSCCC(NC(=O)C(C)NC(=O)C(N)CCC(=O)O)C(=O)NC(CC(C)C)C(=O)O. The second-order valence-corrected chi connectivity index (χ2v) is 8.63. The quantitative estimate of drug-likeness (QED) is 0.187. The molecule has 11 nitrogen and oxygen atoms in total. The van der Waals surface area contributed by atoms with Gasteiger partial charge in [0.25, 0.3) is 0 Å². The molecule has 0 aromatic heterocycles. The van der Waals surface area contributed by atoms with Crippen molar-refractivity contribution < 1.29 is 34.2 Å². The van der Waals surface area contributed by atoms with Gasteiger partial charge in [0, 0.05) is 6.42 Å². The minimum absolute atomic E-state index is 0.0428. The second kappa shape index (κ2) is 14.6. The van der Waals surface area contributed by atoms with Gasteiger partial charge in [-0.2, -0.15) is 11.8 Å². The van der Waals surface area contributed by atoms with Gasteiger partial charge in [-0.3, -0.25) is 19.2 Å². The van der Waals surface area contributed by atoms with Crippen molar-refractivity contribution in [2.75, 3.05) is 12.0 Å². The molecule has 0 fully saturated rings. The van der Waals surface area contributed by atoms with Gasteiger partial charge in [0.2, 0.25) is 17.7 Å². The van der Waals surface area contributed by atoms with Crippen LogP contribution >= 0.6 is 11.8 Å². The Labute approximate surface area is 186 Å². The fourth-order valence-electron chi connectivity index (χ4n) is 2.56. The third-order valence-electron chi connectivity index (χ3n) is 4.32. The maximum atomic E-state index is 12.6. The summed E-state index contributed by atoms with van der Waals surface area (Å²) in [6, 6.07) is -4.17. The zero-order valence-electron chi connectivity index (χ0n) is 18.3. The van der Waals surface area contributed by atoms with Gasteiger partial charge in [-0.15, -0.1) is 0 Å². The number of carboxylic acids is 2. The Hall–Kier alpha value is -2.34. The van der Waals surface area contributed by atoms with E-state index in [1.54, 1.807) is 0 Å². The molecule has 178 valence electrons. The highest BCUT2D eigenvalue weighted by atomic mass is 32.2. The maximum absolute atomic E-state index is 12.6. The van der Waals surface area contributed by atoms with Crippen LogP contribution in [-0.2, 0) is 24.0 Å². The van der Waals surface area contributed by atoms with Crippen LogP contribution in [0.4, 0.5) is 0 Å². The number of carbonyl (C=O) groups is 5. The molecule has 0 aromatic rings. The number of carboxylic acid groups (broad SMARTS) is 2. The standard InChI is InChI=1S/C19H34N4O7S/c1-10(2)9-14(19(29)30)23-18(28)13(7-8-31-4)22-16(26)11(3)21-17(27)12(20)5-6-15(24)25/h10-14H,5-9,20H2,1-4H3,(H,21,27)(H,22,26)(H,23,28)(H,24,25)(H,29,30). The predicted molar refractivity (Wildman–Crippen MR) is 116 cm³/mol. The number of nitrogens with one attached hydrogen (secondary N) is 3. The molecule has 0 aliphatic carbocycles. The Morgan fingerprint density at radius 2 is 1.45 bits per heavy atom. The van der Waals surface area contributed by atoms with Gasteiger partial charge in [-0.1, -0.05) is 13.8 Å². The van der Waals surface area contributed by atoms with Crippen molar-refractivity contribution in [2.24, 2.45) is 11.7 Å². The van der Waals surface area contributed by atoms with E-state index in [1.807, 2.05) is 20.1 Å². The fraction of sp³-hybridized carbons (Fsp3) is 0.737. The lowest BCUT2D eigenvalue weighted by molar-refractivity contribution is -0.143. The van der Waals surface area contributed by atoms with Crippen molar-refractivity contribution in [2.45, 2.75) is 70.6 Å². The summed E-state index contributed by atoms with van der Waals surface area (Å²) < 4.78 is 0. The average molecular weight is 463 g/mol. The third kappa shape index (κ3) is 12.2. The van der Waals surface area contributed by atoms with Crippen LogP contribution in [0.2, 0.25) is 0 Å². The summed E-state index contributed by atoms with van der Waals surface area (Å²) in [7, 11) is 0. The lowest BCUT2D eigenvalue weighted by Crippen LogP contribution is -2.56. The van der Waals surface area contributed by atoms with Gasteiger partial charge in [0.05, 0.1) is 6.04 Å². The van der Waals surface area contributed by atoms with Gasteiger partial charge in [0.15, 0.2) is 0 Å². The van der Waals surface area contributed by atoms with Crippen LogP contribution in [-0.4, -0.2) is 76.0 Å². The first-order valence-corrected chi connectivity index (χ1v) is 11.4. The summed E-state index contributed by atoms with van der Waals surface area (Å²) in [6.07, 6.45) is 1.97. The summed E-state index contributed by atoms with van der Waals surface area (Å²) in [5.74, 6) is -3.61. The lowest BCUT2D eigenvalue weighted by Gasteiger charge is -2.24. The van der Waals surface area contributed by atoms with E-state index in [9.17, 15) is 29.1 Å². The number of thioether (sulfide) groups is 1. The molecule has 0 aliphatic heterocycles. The van der Waals surface area contributed by atoms with Gasteiger partial charge >= 0.3 is 11.9 Å². The maximum Gasteiger partial charge on any atom is 0.326 e. The molecule has 3 amide bonds. The third-order valence-corrected chi connectivity index (χ3v) is 4.97. The van der Waals surface area contributed by atoms with Crippen molar-refractivity contribution in [1.29, 1.82) is 0 Å². The number of rotatable bonds is 15. The Morgan fingerprint density at radius 3 is 1.94 bits per heavy atom. The molecule has 0 bridgehead atoms. The van der Waals surface area contributed by atoms with Crippen LogP contribution < -0.4 is 21.7 Å². The Balaban J connectivity index is 5.02. The molecule has 0 heterocycles. The van der Waals surface area contributed by atoms with Crippen molar-refractivity contribution in [3.05, 3.63) is 0 Å². The molecule has 31 heavy (non-hydrogen) atoms. The molecule has 0 saturated carbocycles. The van der Waals surface area contributed by atoms with Gasteiger partial charge in [-0.05, 0) is 44.1 Å². The molecule has 0 radical (unpaired) electrons. The Bertz CT molecular complexity index is 645. The molecule has 4 atom stereocenters. The van der Waals surface area contributed by atoms with E-state index in [0.717, 1.165) is 0 Å². The van der Waals surface area contributed by atoms with Crippen LogP contribution in [0.15, 0.2) is 0 Å². The van der Waals surface area contributed by atoms with Gasteiger partial charge in [-0.25, -0.2) is 4.79 Å². The van der Waals surface area contributed by atoms with Crippen molar-refractivity contribution in [1.82, 2.24) is 16.0 Å². The zero-order valence-corrected chi connectivity index (χ0v) is 19.2. The highest BCUT2D eigenvalue weighted by Crippen LogP contribution is 2.07. The highest BCUT2D eigenvalue weighted by Gasteiger charge is 2.29. The average Bonchev–Trinajstić information content (AvgIpc) is 2.67. The van der Waals surface area contributed by atoms with Crippen molar-refractivity contribution in [3.63, 3.8) is 0 Å². The van der Waals surface area contributed by atoms with Crippen LogP contribution in [0.5, 0.6) is 0 Å². The number of nitrogens with two attached hydrogens (primary N) is 1. The molecule has 0 aliphatic rings. The minimum Gasteiger partial charge on any atom is -0.481 e. The zero-order chi connectivity index (χ0) is 24.1. The largest absolute Gasteiger partial charge is 0.481 e. The molecule has 0 spiro atoms. The molecule has 0 rings (SSSR count). The fourth-order valence-corrected chi connectivity index (χ4v) is 3.03. The second-order valence-electron chi connectivity index (χ2n) is 7.64. The van der Waals surface area contributed by atoms with E-state index >= 15 is 0 Å². The minimum atomic E-state index is -1.16. The van der Waals surface area contributed by atoms with Gasteiger partial charge < -0.3 is 31.9 Å². The molecular formula is C19H34N4O7S. The summed E-state index contributed by atoms with van der Waals surface area (Å²) in [5.41, 5.74) is 5.62. The normalized spacial score (nSPS) is 14.8. The first kappa shape index (κ1) is 28.7. The summed E-state index contributed by atoms with van der Waals surface area (Å²) in [6.45, 7) is 5.07. The Kier molecular flexibility index (Phi) is 13.5. The lowest BCUT2D eigenvalue weighted by atomic mass is 10.0. The molecular weight excluding hydrogens is 428 g/mol. The topological polar surface area (TPSA) is 188 Å². The van der Waals surface area contributed by atoms with E-state index in [2.05, 4.69) is 16.0 Å². The number of aliphatic carboxylic acids is 2. The summed E-state index contributed by atoms with van der Waals surface area (Å²) in [4.78, 5) is 59.1. The summed E-state index contributed by atoms with van der Waals surface area (Å²) in [5, 5.41) is 25.4. The van der Waals surface area contributed by atoms with E-state index in [1.165, 1.54) is 18.7 Å². The smallest absolute Gasteiger partial charge is 0.326 e. The molecule has 0 aromatic carbocycles. The van der Waals surface area contributed by atoms with E-state index < -0.39 is 53.8 Å². The van der Waals surface area contributed by atoms with Crippen LogP contribution in [0.3, 0.4) is 0 Å². The van der Waals surface area contributed by atoms with E-state index in [0.29, 0.717) is 5.75 Å². The first-order valence-electron chi connectivity index (χ1n) is 9.99. The number of hydrogen-bond acceptors (Lipinski definition) is 7. The number of carbonyl (C=O) groups excluding carboxylic acids is 3. The predicted octanol–water partition coefficient (Wildman–Crippen LogP) is -0.463.